The minimum Gasteiger partial charge on any atom is -0.369 e. The first kappa shape index (κ1) is 13.2. The van der Waals surface area contributed by atoms with Gasteiger partial charge in [-0.15, -0.1) is 0 Å². The van der Waals surface area contributed by atoms with E-state index in [4.69, 9.17) is 5.84 Å². The molecular weight excluding hydrogens is 245 g/mol. The average molecular weight is 261 g/mol. The summed E-state index contributed by atoms with van der Waals surface area (Å²) in [4.78, 5) is 8.14. The molecule has 5 nitrogen and oxygen atoms in total. The van der Waals surface area contributed by atoms with Gasteiger partial charge in [0.2, 0.25) is 0 Å². The molecule has 4 N–H and O–H groups in total. The molecule has 2 aromatic rings. The first-order valence-electron chi connectivity index (χ1n) is 5.97. The fourth-order valence-electron chi connectivity index (χ4n) is 1.79. The lowest BCUT2D eigenvalue weighted by molar-refractivity contribution is 0.625. The van der Waals surface area contributed by atoms with Gasteiger partial charge in [-0.2, -0.15) is 0 Å². The van der Waals surface area contributed by atoms with E-state index in [1.807, 2.05) is 13.0 Å². The first-order valence-corrected chi connectivity index (χ1v) is 5.97. The molecule has 0 fully saturated rings. The number of hydrogen-bond donors (Lipinski definition) is 3. The highest BCUT2D eigenvalue weighted by molar-refractivity contribution is 5.55. The smallest absolute Gasteiger partial charge is 0.148 e. The van der Waals surface area contributed by atoms with Crippen LogP contribution in [0, 0.1) is 12.7 Å². The minimum absolute atomic E-state index is 0.217. The number of rotatable bonds is 5. The van der Waals surface area contributed by atoms with Gasteiger partial charge in [0.1, 0.15) is 23.8 Å². The Hall–Kier alpha value is -2.21. The normalized spacial score (nSPS) is 10.3. The van der Waals surface area contributed by atoms with Crippen LogP contribution in [-0.2, 0) is 6.42 Å². The van der Waals surface area contributed by atoms with Crippen molar-refractivity contribution in [2.75, 3.05) is 17.3 Å². The van der Waals surface area contributed by atoms with Crippen molar-refractivity contribution in [3.63, 3.8) is 0 Å². The third-order valence-corrected chi connectivity index (χ3v) is 2.82. The number of anilines is 2. The quantitative estimate of drug-likeness (QED) is 0.566. The lowest BCUT2D eigenvalue weighted by atomic mass is 10.1. The molecule has 1 heterocycles. The van der Waals surface area contributed by atoms with Crippen LogP contribution in [0.15, 0.2) is 30.6 Å². The van der Waals surface area contributed by atoms with Gasteiger partial charge in [-0.05, 0) is 31.0 Å². The zero-order valence-electron chi connectivity index (χ0n) is 10.7. The van der Waals surface area contributed by atoms with E-state index in [0.717, 1.165) is 16.9 Å². The van der Waals surface area contributed by atoms with Gasteiger partial charge in [0.25, 0.3) is 0 Å². The molecule has 0 radical (unpaired) electrons. The van der Waals surface area contributed by atoms with Gasteiger partial charge < -0.3 is 10.7 Å². The molecule has 6 heteroatoms. The second-order valence-corrected chi connectivity index (χ2v) is 4.15. The molecule has 0 aliphatic rings. The summed E-state index contributed by atoms with van der Waals surface area (Å²) in [6.07, 6.45) is 2.15. The van der Waals surface area contributed by atoms with Crippen LogP contribution >= 0.6 is 0 Å². The maximum absolute atomic E-state index is 13.0. The van der Waals surface area contributed by atoms with Crippen LogP contribution in [0.3, 0.4) is 0 Å². The summed E-state index contributed by atoms with van der Waals surface area (Å²) in [7, 11) is 0. The number of nitrogens with zero attached hydrogens (tertiary/aromatic N) is 2. The lowest BCUT2D eigenvalue weighted by Gasteiger charge is -2.10. The van der Waals surface area contributed by atoms with E-state index < -0.39 is 0 Å². The number of nitrogens with two attached hydrogens (primary N) is 1. The molecule has 0 spiro atoms. The number of nitrogens with one attached hydrogen (secondary N) is 2. The van der Waals surface area contributed by atoms with Gasteiger partial charge in [-0.25, -0.2) is 20.2 Å². The Morgan fingerprint density at radius 1 is 1.26 bits per heavy atom. The SMILES string of the molecule is Cc1c(NN)ncnc1NCCc1cccc(F)c1. The Morgan fingerprint density at radius 2 is 2.05 bits per heavy atom. The Labute approximate surface area is 111 Å². The predicted octanol–water partition coefficient (Wildman–Crippen LogP) is 1.86. The third kappa shape index (κ3) is 3.38. The Kier molecular flexibility index (Phi) is 4.25. The van der Waals surface area contributed by atoms with E-state index >= 15 is 0 Å². The van der Waals surface area contributed by atoms with Crippen LogP contribution < -0.4 is 16.6 Å². The van der Waals surface area contributed by atoms with Crippen molar-refractivity contribution in [3.8, 4) is 0 Å². The Morgan fingerprint density at radius 3 is 2.79 bits per heavy atom. The highest BCUT2D eigenvalue weighted by Crippen LogP contribution is 2.16. The van der Waals surface area contributed by atoms with Crippen LogP contribution in [0.4, 0.5) is 16.0 Å². The van der Waals surface area contributed by atoms with E-state index in [-0.39, 0.29) is 5.82 Å². The molecule has 0 amide bonds. The first-order chi connectivity index (χ1) is 9.20. The number of benzene rings is 1. The Balaban J connectivity index is 1.96. The van der Waals surface area contributed by atoms with Crippen molar-refractivity contribution >= 4 is 11.6 Å². The highest BCUT2D eigenvalue weighted by atomic mass is 19.1. The summed E-state index contributed by atoms with van der Waals surface area (Å²) in [6.45, 7) is 2.53. The number of hydrazine groups is 1. The molecule has 0 bridgehead atoms. The second-order valence-electron chi connectivity index (χ2n) is 4.15. The Bertz CT molecular complexity index is 558. The van der Waals surface area contributed by atoms with Crippen LogP contribution in [0.1, 0.15) is 11.1 Å². The second kappa shape index (κ2) is 6.10. The molecule has 1 aromatic carbocycles. The summed E-state index contributed by atoms with van der Waals surface area (Å²) < 4.78 is 13.0. The summed E-state index contributed by atoms with van der Waals surface area (Å²) in [5.74, 6) is 6.44. The van der Waals surface area contributed by atoms with E-state index in [9.17, 15) is 4.39 Å². The maximum atomic E-state index is 13.0. The maximum Gasteiger partial charge on any atom is 0.148 e. The lowest BCUT2D eigenvalue weighted by Crippen LogP contribution is -2.13. The van der Waals surface area contributed by atoms with E-state index in [2.05, 4.69) is 20.7 Å². The number of nitrogen functional groups attached to an aromatic ring is 1. The topological polar surface area (TPSA) is 75.9 Å². The number of aromatic nitrogens is 2. The van der Waals surface area contributed by atoms with Crippen molar-refractivity contribution in [1.82, 2.24) is 9.97 Å². The molecule has 0 aliphatic carbocycles. The van der Waals surface area contributed by atoms with Crippen molar-refractivity contribution in [2.45, 2.75) is 13.3 Å². The van der Waals surface area contributed by atoms with Gasteiger partial charge in [0.15, 0.2) is 0 Å². The van der Waals surface area contributed by atoms with Crippen LogP contribution in [0.2, 0.25) is 0 Å². The molecule has 0 saturated carbocycles. The third-order valence-electron chi connectivity index (χ3n) is 2.82. The molecule has 2 rings (SSSR count). The highest BCUT2D eigenvalue weighted by Gasteiger charge is 2.05. The van der Waals surface area contributed by atoms with Crippen molar-refractivity contribution < 1.29 is 4.39 Å². The van der Waals surface area contributed by atoms with Crippen LogP contribution in [0.5, 0.6) is 0 Å². The van der Waals surface area contributed by atoms with Crippen LogP contribution in [-0.4, -0.2) is 16.5 Å². The van der Waals surface area contributed by atoms with Crippen molar-refractivity contribution in [2.24, 2.45) is 5.84 Å². The largest absolute Gasteiger partial charge is 0.369 e. The molecule has 1 aromatic heterocycles. The number of hydrogen-bond acceptors (Lipinski definition) is 5. The molecule has 0 aliphatic heterocycles. The van der Waals surface area contributed by atoms with Gasteiger partial charge in [0, 0.05) is 12.1 Å². The average Bonchev–Trinajstić information content (AvgIpc) is 2.41. The van der Waals surface area contributed by atoms with Gasteiger partial charge in [0.05, 0.1) is 0 Å². The van der Waals surface area contributed by atoms with Gasteiger partial charge in [-0.1, -0.05) is 12.1 Å². The van der Waals surface area contributed by atoms with E-state index in [1.165, 1.54) is 18.5 Å². The van der Waals surface area contributed by atoms with Gasteiger partial charge in [-0.3, -0.25) is 0 Å². The summed E-state index contributed by atoms with van der Waals surface area (Å²) in [5, 5.41) is 3.19. The van der Waals surface area contributed by atoms with Crippen LogP contribution in [0.25, 0.3) is 0 Å². The molecule has 19 heavy (non-hydrogen) atoms. The van der Waals surface area contributed by atoms with Gasteiger partial charge >= 0.3 is 0 Å². The summed E-state index contributed by atoms with van der Waals surface area (Å²) >= 11 is 0. The van der Waals surface area contributed by atoms with E-state index in [0.29, 0.717) is 18.8 Å². The molecule has 0 saturated heterocycles. The number of halogens is 1. The van der Waals surface area contributed by atoms with Crippen molar-refractivity contribution in [3.05, 3.63) is 47.5 Å². The summed E-state index contributed by atoms with van der Waals surface area (Å²) in [5.41, 5.74) is 4.30. The molecule has 100 valence electrons. The van der Waals surface area contributed by atoms with Crippen molar-refractivity contribution in [1.29, 1.82) is 0 Å². The standard InChI is InChI=1S/C13H16FN5/c1-9-12(17-8-18-13(9)19-15)16-6-5-10-3-2-4-11(14)7-10/h2-4,7-8H,5-6,15H2,1H3,(H2,16,17,18,19). The molecule has 0 unspecified atom stereocenters. The predicted molar refractivity (Wildman–Crippen MR) is 73.2 cm³/mol. The fraction of sp³-hybridized carbons (Fsp3) is 0.231. The monoisotopic (exact) mass is 261 g/mol. The molecular formula is C13H16FN5. The zero-order valence-corrected chi connectivity index (χ0v) is 10.7. The fourth-order valence-corrected chi connectivity index (χ4v) is 1.79. The van der Waals surface area contributed by atoms with E-state index in [1.54, 1.807) is 6.07 Å². The minimum atomic E-state index is -0.217. The molecule has 0 atom stereocenters. The summed E-state index contributed by atoms with van der Waals surface area (Å²) in [6, 6.07) is 6.56. The zero-order chi connectivity index (χ0) is 13.7.